The summed E-state index contributed by atoms with van der Waals surface area (Å²) in [6.45, 7) is 4.30. The minimum atomic E-state index is -0.315. The molecule has 1 atom stereocenters. The van der Waals surface area contributed by atoms with Gasteiger partial charge >= 0.3 is 0 Å². The average Bonchev–Trinajstić information content (AvgIpc) is 3.22. The monoisotopic (exact) mass is 373 g/mol. The first kappa shape index (κ1) is 18.3. The summed E-state index contributed by atoms with van der Waals surface area (Å²) in [5, 5.41) is 7.33. The molecular formula is C19H20FN3O2S. The second-order valence-electron chi connectivity index (χ2n) is 5.97. The van der Waals surface area contributed by atoms with Gasteiger partial charge in [0.2, 0.25) is 0 Å². The van der Waals surface area contributed by atoms with Crippen LogP contribution in [0.1, 0.15) is 38.8 Å². The highest BCUT2D eigenvalue weighted by molar-refractivity contribution is 7.14. The maximum atomic E-state index is 13.5. The summed E-state index contributed by atoms with van der Waals surface area (Å²) < 4.78 is 20.2. The summed E-state index contributed by atoms with van der Waals surface area (Å²) in [4.78, 5) is 14.1. The molecule has 5 nitrogen and oxygen atoms in total. The number of hydrogen-bond acceptors (Lipinski definition) is 4. The molecule has 7 heteroatoms. The summed E-state index contributed by atoms with van der Waals surface area (Å²) >= 11 is 1.41. The Morgan fingerprint density at radius 2 is 2.19 bits per heavy atom. The number of halogens is 1. The number of aromatic nitrogens is 2. The SMILES string of the molecule is COCc1ccc(C(=O)NC(C)c2cnn(-c3cccc(F)c3)c2C)s1. The number of carbonyl (C=O) groups is 1. The Morgan fingerprint density at radius 3 is 2.92 bits per heavy atom. The van der Waals surface area contributed by atoms with E-state index in [4.69, 9.17) is 4.74 Å². The number of hydrogen-bond donors (Lipinski definition) is 1. The lowest BCUT2D eigenvalue weighted by Gasteiger charge is -2.13. The van der Waals surface area contributed by atoms with Gasteiger partial charge in [0.1, 0.15) is 5.82 Å². The van der Waals surface area contributed by atoms with Gasteiger partial charge in [-0.3, -0.25) is 4.79 Å². The lowest BCUT2D eigenvalue weighted by atomic mass is 10.1. The molecule has 0 saturated carbocycles. The highest BCUT2D eigenvalue weighted by Crippen LogP contribution is 2.22. The van der Waals surface area contributed by atoms with Gasteiger partial charge in [0.05, 0.1) is 29.4 Å². The van der Waals surface area contributed by atoms with Crippen molar-refractivity contribution >= 4 is 17.2 Å². The number of benzene rings is 1. The van der Waals surface area contributed by atoms with E-state index < -0.39 is 0 Å². The van der Waals surface area contributed by atoms with Crippen LogP contribution < -0.4 is 5.32 Å². The third-order valence-electron chi connectivity index (χ3n) is 4.09. The lowest BCUT2D eigenvalue weighted by Crippen LogP contribution is -2.26. The van der Waals surface area contributed by atoms with Crippen LogP contribution in [0.25, 0.3) is 5.69 Å². The van der Waals surface area contributed by atoms with E-state index in [2.05, 4.69) is 10.4 Å². The van der Waals surface area contributed by atoms with Crippen molar-refractivity contribution in [1.82, 2.24) is 15.1 Å². The van der Waals surface area contributed by atoms with Crippen LogP contribution in [0.2, 0.25) is 0 Å². The van der Waals surface area contributed by atoms with Gasteiger partial charge in [-0.2, -0.15) is 5.10 Å². The molecule has 0 aliphatic carbocycles. The molecule has 3 rings (SSSR count). The van der Waals surface area contributed by atoms with E-state index in [9.17, 15) is 9.18 Å². The third-order valence-corrected chi connectivity index (χ3v) is 5.14. The van der Waals surface area contributed by atoms with Gasteiger partial charge in [-0.1, -0.05) is 6.07 Å². The number of rotatable bonds is 6. The highest BCUT2D eigenvalue weighted by atomic mass is 32.1. The molecule has 0 aliphatic heterocycles. The minimum absolute atomic E-state index is 0.136. The fraction of sp³-hybridized carbons (Fsp3) is 0.263. The van der Waals surface area contributed by atoms with Gasteiger partial charge in [0.15, 0.2) is 0 Å². The van der Waals surface area contributed by atoms with E-state index in [0.29, 0.717) is 17.2 Å². The molecule has 0 spiro atoms. The number of thiophene rings is 1. The van der Waals surface area contributed by atoms with E-state index in [1.165, 1.54) is 23.5 Å². The van der Waals surface area contributed by atoms with Gasteiger partial charge < -0.3 is 10.1 Å². The Labute approximate surface area is 155 Å². The maximum absolute atomic E-state index is 13.5. The zero-order valence-corrected chi connectivity index (χ0v) is 15.6. The molecule has 2 heterocycles. The van der Waals surface area contributed by atoms with Crippen LogP contribution >= 0.6 is 11.3 Å². The molecule has 0 saturated heterocycles. The molecular weight excluding hydrogens is 353 g/mol. The van der Waals surface area contributed by atoms with Crippen molar-refractivity contribution in [2.75, 3.05) is 7.11 Å². The molecule has 1 N–H and O–H groups in total. The topological polar surface area (TPSA) is 56.1 Å². The van der Waals surface area contributed by atoms with Crippen LogP contribution in [0.15, 0.2) is 42.6 Å². The zero-order chi connectivity index (χ0) is 18.7. The quantitative estimate of drug-likeness (QED) is 0.710. The van der Waals surface area contributed by atoms with Crippen LogP contribution in [0.5, 0.6) is 0 Å². The van der Waals surface area contributed by atoms with Gasteiger partial charge in [-0.15, -0.1) is 11.3 Å². The van der Waals surface area contributed by atoms with Gasteiger partial charge in [-0.05, 0) is 44.2 Å². The molecule has 136 valence electrons. The summed E-state index contributed by atoms with van der Waals surface area (Å²) in [7, 11) is 1.63. The summed E-state index contributed by atoms with van der Waals surface area (Å²) in [6, 6.07) is 9.72. The Hall–Kier alpha value is -2.51. The Morgan fingerprint density at radius 1 is 1.38 bits per heavy atom. The van der Waals surface area contributed by atoms with Crippen molar-refractivity contribution in [3.8, 4) is 5.69 Å². The minimum Gasteiger partial charge on any atom is -0.379 e. The standard InChI is InChI=1S/C19H20FN3O2S/c1-12(22-19(24)18-8-7-16(26-18)11-25-3)17-10-21-23(13(17)2)15-6-4-5-14(20)9-15/h4-10,12H,11H2,1-3H3,(H,22,24). The second kappa shape index (κ2) is 7.80. The van der Waals surface area contributed by atoms with Crippen molar-refractivity contribution in [1.29, 1.82) is 0 Å². The second-order valence-corrected chi connectivity index (χ2v) is 7.14. The first-order valence-electron chi connectivity index (χ1n) is 8.18. The molecule has 1 aromatic carbocycles. The van der Waals surface area contributed by atoms with Crippen molar-refractivity contribution in [3.63, 3.8) is 0 Å². The Kier molecular flexibility index (Phi) is 5.49. The van der Waals surface area contributed by atoms with E-state index in [1.54, 1.807) is 36.2 Å². The van der Waals surface area contributed by atoms with E-state index in [-0.39, 0.29) is 17.8 Å². The summed E-state index contributed by atoms with van der Waals surface area (Å²) in [5.41, 5.74) is 2.39. The van der Waals surface area contributed by atoms with E-state index in [1.807, 2.05) is 19.9 Å². The summed E-state index contributed by atoms with van der Waals surface area (Å²) in [6.07, 6.45) is 1.70. The van der Waals surface area contributed by atoms with Crippen molar-refractivity contribution in [2.45, 2.75) is 26.5 Å². The van der Waals surface area contributed by atoms with Crippen LogP contribution in [0, 0.1) is 12.7 Å². The predicted octanol–water partition coefficient (Wildman–Crippen LogP) is 4.02. The molecule has 0 aliphatic rings. The van der Waals surface area contributed by atoms with Crippen LogP contribution in [0.4, 0.5) is 4.39 Å². The van der Waals surface area contributed by atoms with Gasteiger partial charge in [0.25, 0.3) is 5.91 Å². The average molecular weight is 373 g/mol. The lowest BCUT2D eigenvalue weighted by molar-refractivity contribution is 0.0944. The number of ether oxygens (including phenoxy) is 1. The highest BCUT2D eigenvalue weighted by Gasteiger charge is 2.18. The van der Waals surface area contributed by atoms with E-state index >= 15 is 0 Å². The largest absolute Gasteiger partial charge is 0.379 e. The number of nitrogens with one attached hydrogen (secondary N) is 1. The summed E-state index contributed by atoms with van der Waals surface area (Å²) in [5.74, 6) is -0.451. The fourth-order valence-corrected chi connectivity index (χ4v) is 3.66. The fourth-order valence-electron chi connectivity index (χ4n) is 2.78. The molecule has 1 unspecified atom stereocenters. The Balaban J connectivity index is 1.75. The molecule has 3 aromatic rings. The molecule has 1 amide bonds. The maximum Gasteiger partial charge on any atom is 0.261 e. The number of methoxy groups -OCH3 is 1. The Bertz CT molecular complexity index is 919. The molecule has 26 heavy (non-hydrogen) atoms. The molecule has 0 radical (unpaired) electrons. The van der Waals surface area contributed by atoms with Gasteiger partial charge in [0, 0.05) is 23.2 Å². The van der Waals surface area contributed by atoms with Gasteiger partial charge in [-0.25, -0.2) is 9.07 Å². The van der Waals surface area contributed by atoms with Crippen LogP contribution in [-0.2, 0) is 11.3 Å². The number of amides is 1. The smallest absolute Gasteiger partial charge is 0.261 e. The molecule has 0 bridgehead atoms. The van der Waals surface area contributed by atoms with Crippen LogP contribution in [-0.4, -0.2) is 22.8 Å². The first-order chi connectivity index (χ1) is 12.5. The van der Waals surface area contributed by atoms with Crippen molar-refractivity contribution < 1.29 is 13.9 Å². The normalized spacial score (nSPS) is 12.2. The number of carbonyl (C=O) groups excluding carboxylic acids is 1. The molecule has 0 fully saturated rings. The van der Waals surface area contributed by atoms with Crippen molar-refractivity contribution in [3.05, 3.63) is 69.4 Å². The zero-order valence-electron chi connectivity index (χ0n) is 14.8. The first-order valence-corrected chi connectivity index (χ1v) is 9.00. The third kappa shape index (κ3) is 3.84. The molecule has 2 aromatic heterocycles. The van der Waals surface area contributed by atoms with Crippen molar-refractivity contribution in [2.24, 2.45) is 0 Å². The van der Waals surface area contributed by atoms with Crippen LogP contribution in [0.3, 0.4) is 0 Å². The van der Waals surface area contributed by atoms with E-state index in [0.717, 1.165) is 16.1 Å². The predicted molar refractivity (Wildman–Crippen MR) is 99.2 cm³/mol. The number of nitrogens with zero attached hydrogens (tertiary/aromatic N) is 2.